The van der Waals surface area contributed by atoms with Gasteiger partial charge in [-0.25, -0.2) is 4.39 Å². The topological polar surface area (TPSA) is 38.7 Å². The fourth-order valence-corrected chi connectivity index (χ4v) is 2.89. The molecule has 124 valence electrons. The third-order valence-corrected chi connectivity index (χ3v) is 5.32. The second kappa shape index (κ2) is 6.41. The van der Waals surface area contributed by atoms with Crippen molar-refractivity contribution in [2.75, 3.05) is 0 Å². The molecular weight excluding hydrogens is 314 g/mol. The van der Waals surface area contributed by atoms with Crippen LogP contribution in [0.1, 0.15) is 51.3 Å². The van der Waals surface area contributed by atoms with Crippen molar-refractivity contribution in [2.45, 2.75) is 58.8 Å². The Labute approximate surface area is 141 Å². The summed E-state index contributed by atoms with van der Waals surface area (Å²) in [6.45, 7) is 10.9. The van der Waals surface area contributed by atoms with Crippen molar-refractivity contribution in [3.63, 3.8) is 0 Å². The average molecular weight is 336 g/mol. The Kier molecular flexibility index (Phi) is 5.07. The van der Waals surface area contributed by atoms with Crippen LogP contribution in [0.25, 0.3) is 5.57 Å². The number of aliphatic hydroxyl groups is 1. The second-order valence-corrected chi connectivity index (χ2v) is 7.75. The average Bonchev–Trinajstić information content (AvgIpc) is 2.98. The quantitative estimate of drug-likeness (QED) is 0.659. The van der Waals surface area contributed by atoms with Crippen LogP contribution in [0.15, 0.2) is 17.9 Å². The molecule has 1 unspecified atom stereocenters. The Bertz CT molecular complexity index is 664. The first-order valence-electron chi connectivity index (χ1n) is 7.55. The first-order chi connectivity index (χ1) is 10.5. The monoisotopic (exact) mass is 336 g/mol. The summed E-state index contributed by atoms with van der Waals surface area (Å²) >= 11 is 1.38. The van der Waals surface area contributed by atoms with Gasteiger partial charge in [-0.3, -0.25) is 0 Å². The van der Waals surface area contributed by atoms with Gasteiger partial charge in [-0.1, -0.05) is 11.8 Å². The normalized spacial score (nSPS) is 21.5. The minimum absolute atomic E-state index is 0.416. The Hall–Kier alpha value is -1.13. The predicted molar refractivity (Wildman–Crippen MR) is 92.7 cm³/mol. The number of rotatable bonds is 2. The SMILES string of the molecule is CC(=C(F)B1OC(C)(C)C(C)(C)O1)c1ccc(C#CC(C)O)s1. The van der Waals surface area contributed by atoms with Crippen molar-refractivity contribution >= 4 is 24.0 Å². The van der Waals surface area contributed by atoms with Crippen LogP contribution >= 0.6 is 11.3 Å². The van der Waals surface area contributed by atoms with Crippen LogP contribution < -0.4 is 0 Å². The van der Waals surface area contributed by atoms with E-state index in [-0.39, 0.29) is 0 Å². The van der Waals surface area contributed by atoms with E-state index in [1.54, 1.807) is 13.8 Å². The Morgan fingerprint density at radius 1 is 1.26 bits per heavy atom. The van der Waals surface area contributed by atoms with Crippen LogP contribution in [0.5, 0.6) is 0 Å². The number of allylic oxidation sites excluding steroid dienone is 1. The molecule has 0 aromatic carbocycles. The molecule has 1 fully saturated rings. The second-order valence-electron chi connectivity index (χ2n) is 6.67. The summed E-state index contributed by atoms with van der Waals surface area (Å²) in [5.74, 6) is 5.54. The Morgan fingerprint density at radius 2 is 1.83 bits per heavy atom. The highest BCUT2D eigenvalue weighted by Gasteiger charge is 2.53. The summed E-state index contributed by atoms with van der Waals surface area (Å²) < 4.78 is 26.2. The zero-order valence-corrected chi connectivity index (χ0v) is 15.2. The van der Waals surface area contributed by atoms with Crippen LogP contribution in [0.2, 0.25) is 0 Å². The molecule has 1 saturated heterocycles. The molecule has 1 N–H and O–H groups in total. The smallest absolute Gasteiger partial charge is 0.398 e. The van der Waals surface area contributed by atoms with E-state index in [1.165, 1.54) is 11.3 Å². The number of halogens is 1. The van der Waals surface area contributed by atoms with Crippen molar-refractivity contribution in [2.24, 2.45) is 0 Å². The van der Waals surface area contributed by atoms with Gasteiger partial charge in [0.25, 0.3) is 0 Å². The maximum Gasteiger partial charge on any atom is 0.525 e. The highest BCUT2D eigenvalue weighted by atomic mass is 32.1. The molecule has 0 spiro atoms. The van der Waals surface area contributed by atoms with Crippen molar-refractivity contribution in [3.8, 4) is 11.8 Å². The summed E-state index contributed by atoms with van der Waals surface area (Å²) in [4.78, 5) is 1.55. The van der Waals surface area contributed by atoms with Crippen LogP contribution in [-0.2, 0) is 9.31 Å². The summed E-state index contributed by atoms with van der Waals surface area (Å²) in [7, 11) is -0.992. The minimum Gasteiger partial charge on any atom is -0.398 e. The van der Waals surface area contributed by atoms with Gasteiger partial charge >= 0.3 is 7.12 Å². The van der Waals surface area contributed by atoms with Gasteiger partial charge in [-0.2, -0.15) is 0 Å². The Balaban J connectivity index is 2.24. The van der Waals surface area contributed by atoms with Gasteiger partial charge in [0.05, 0.1) is 16.1 Å². The first kappa shape index (κ1) is 18.2. The molecule has 0 aliphatic carbocycles. The molecule has 0 bridgehead atoms. The lowest BCUT2D eigenvalue weighted by atomic mass is 9.84. The molecule has 0 radical (unpaired) electrons. The largest absolute Gasteiger partial charge is 0.525 e. The fraction of sp³-hybridized carbons (Fsp3) is 0.529. The van der Waals surface area contributed by atoms with Gasteiger partial charge in [-0.05, 0) is 59.2 Å². The standard InChI is InChI=1S/C17H22BFO3S/c1-11(20)7-8-13-9-10-14(23-13)12(2)15(19)18-21-16(3,4)17(5,6)22-18/h9-11,20H,1-6H3. The highest BCUT2D eigenvalue weighted by molar-refractivity contribution is 7.13. The van der Waals surface area contributed by atoms with E-state index in [0.717, 1.165) is 9.75 Å². The van der Waals surface area contributed by atoms with Gasteiger partial charge in [0, 0.05) is 4.88 Å². The maximum atomic E-state index is 14.8. The molecule has 2 heterocycles. The van der Waals surface area contributed by atoms with E-state index in [4.69, 9.17) is 9.31 Å². The van der Waals surface area contributed by atoms with E-state index in [1.807, 2.05) is 39.8 Å². The number of hydrogen-bond acceptors (Lipinski definition) is 4. The molecular formula is C17H22BFO3S. The molecule has 1 aliphatic heterocycles. The molecule has 1 aromatic heterocycles. The van der Waals surface area contributed by atoms with Crippen molar-refractivity contribution in [1.29, 1.82) is 0 Å². The lowest BCUT2D eigenvalue weighted by molar-refractivity contribution is 0.00578. The molecule has 1 aromatic rings. The van der Waals surface area contributed by atoms with Gasteiger partial charge in [0.2, 0.25) is 0 Å². The number of hydrogen-bond donors (Lipinski definition) is 1. The maximum absolute atomic E-state index is 14.8. The molecule has 1 atom stereocenters. The van der Waals surface area contributed by atoms with E-state index in [0.29, 0.717) is 5.57 Å². The lowest BCUT2D eigenvalue weighted by Crippen LogP contribution is -2.41. The molecule has 3 nitrogen and oxygen atoms in total. The third-order valence-electron chi connectivity index (χ3n) is 4.20. The van der Waals surface area contributed by atoms with E-state index < -0.39 is 30.2 Å². The molecule has 23 heavy (non-hydrogen) atoms. The third kappa shape index (κ3) is 3.86. The number of thiophene rings is 1. The molecule has 6 heteroatoms. The number of aliphatic hydroxyl groups excluding tert-OH is 1. The van der Waals surface area contributed by atoms with E-state index >= 15 is 0 Å². The summed E-state index contributed by atoms with van der Waals surface area (Å²) in [5, 5.41) is 9.19. The molecule has 0 saturated carbocycles. The summed E-state index contributed by atoms with van der Waals surface area (Å²) in [6, 6.07) is 3.63. The van der Waals surface area contributed by atoms with Gasteiger partial charge < -0.3 is 14.4 Å². The molecule has 2 rings (SSSR count). The molecule has 1 aliphatic rings. The van der Waals surface area contributed by atoms with Crippen molar-refractivity contribution in [1.82, 2.24) is 0 Å². The van der Waals surface area contributed by atoms with Gasteiger partial charge in [-0.15, -0.1) is 11.3 Å². The van der Waals surface area contributed by atoms with Crippen LogP contribution in [0.4, 0.5) is 4.39 Å². The van der Waals surface area contributed by atoms with E-state index in [2.05, 4.69) is 11.8 Å². The first-order valence-corrected chi connectivity index (χ1v) is 8.37. The Morgan fingerprint density at radius 3 is 2.35 bits per heavy atom. The highest BCUT2D eigenvalue weighted by Crippen LogP contribution is 2.40. The van der Waals surface area contributed by atoms with Crippen LogP contribution in [-0.4, -0.2) is 29.5 Å². The fourth-order valence-electron chi connectivity index (χ4n) is 2.02. The van der Waals surface area contributed by atoms with Gasteiger partial charge in [0.1, 0.15) is 11.8 Å². The predicted octanol–water partition coefficient (Wildman–Crippen LogP) is 3.81. The van der Waals surface area contributed by atoms with E-state index in [9.17, 15) is 9.50 Å². The lowest BCUT2D eigenvalue weighted by Gasteiger charge is -2.32. The van der Waals surface area contributed by atoms with Crippen LogP contribution in [0, 0.1) is 11.8 Å². The zero-order valence-electron chi connectivity index (χ0n) is 14.4. The summed E-state index contributed by atoms with van der Waals surface area (Å²) in [6.07, 6.45) is -0.682. The van der Waals surface area contributed by atoms with Crippen molar-refractivity contribution in [3.05, 3.63) is 27.6 Å². The van der Waals surface area contributed by atoms with Crippen LogP contribution in [0.3, 0.4) is 0 Å². The van der Waals surface area contributed by atoms with Crippen molar-refractivity contribution < 1.29 is 18.8 Å². The zero-order chi connectivity index (χ0) is 17.4. The minimum atomic E-state index is -0.992. The van der Waals surface area contributed by atoms with Gasteiger partial charge in [0.15, 0.2) is 0 Å². The molecule has 0 amide bonds. The summed E-state index contributed by atoms with van der Waals surface area (Å²) in [5.41, 5.74) is -1.07.